The number of rotatable bonds is 12. The molecular weight excluding hydrogens is 614 g/mol. The number of carbonyl (C=O) groups excluding carboxylic acids is 2. The first-order valence-electron chi connectivity index (χ1n) is 15.2. The van der Waals surface area contributed by atoms with Crippen molar-refractivity contribution in [2.24, 2.45) is 5.92 Å². The van der Waals surface area contributed by atoms with E-state index in [4.69, 9.17) is 9.72 Å². The van der Waals surface area contributed by atoms with Crippen LogP contribution in [0, 0.1) is 5.92 Å². The molecule has 1 aliphatic heterocycles. The van der Waals surface area contributed by atoms with Crippen LogP contribution in [-0.4, -0.2) is 52.1 Å². The van der Waals surface area contributed by atoms with Crippen LogP contribution in [-0.2, 0) is 20.8 Å². The molecule has 9 nitrogen and oxygen atoms in total. The van der Waals surface area contributed by atoms with Crippen molar-refractivity contribution in [2.45, 2.75) is 57.6 Å². The van der Waals surface area contributed by atoms with Gasteiger partial charge in [0.2, 0.25) is 11.8 Å². The zero-order valence-electron chi connectivity index (χ0n) is 24.9. The van der Waals surface area contributed by atoms with E-state index < -0.39 is 18.5 Å². The summed E-state index contributed by atoms with van der Waals surface area (Å²) in [6.45, 7) is -2.42. The van der Waals surface area contributed by atoms with Gasteiger partial charge in [0.05, 0.1) is 18.0 Å². The number of carboxylic acids is 1. The van der Waals surface area contributed by atoms with Crippen LogP contribution in [0.25, 0.3) is 22.4 Å². The zero-order chi connectivity index (χ0) is 32.2. The number of alkyl halides is 2. The number of carboxylic acid groups (broad SMARTS) is 1. The lowest BCUT2D eigenvalue weighted by atomic mass is 9.94. The predicted molar refractivity (Wildman–Crippen MR) is 170 cm³/mol. The van der Waals surface area contributed by atoms with Gasteiger partial charge in [-0.2, -0.15) is 8.78 Å². The van der Waals surface area contributed by atoms with Gasteiger partial charge in [0.25, 0.3) is 0 Å². The monoisotopic (exact) mass is 646 g/mol. The molecule has 1 saturated heterocycles. The Labute approximate surface area is 268 Å². The highest BCUT2D eigenvalue weighted by Gasteiger charge is 2.39. The SMILES string of the molecule is O=C(O)CC(Cc1ccccc1)C(=O)N(c1nc(-c2cc(OC(F)F)ccc2-c2ccc(N3CCCCC3=O)nc2)cs1)C1CC1. The Morgan fingerprint density at radius 2 is 1.87 bits per heavy atom. The molecule has 12 heteroatoms. The summed E-state index contributed by atoms with van der Waals surface area (Å²) in [5.74, 6) is -1.63. The number of thiazole rings is 1. The van der Waals surface area contributed by atoms with Gasteiger partial charge in [0.1, 0.15) is 11.6 Å². The van der Waals surface area contributed by atoms with Gasteiger partial charge in [-0.05, 0) is 73.6 Å². The second-order valence-corrected chi connectivity index (χ2v) is 12.3. The summed E-state index contributed by atoms with van der Waals surface area (Å²) in [6, 6.07) is 17.4. The molecule has 2 aliphatic rings. The lowest BCUT2D eigenvalue weighted by molar-refractivity contribution is -0.140. The minimum atomic E-state index is -3.02. The Hall–Kier alpha value is -4.71. The highest BCUT2D eigenvalue weighted by Crippen LogP contribution is 2.41. The van der Waals surface area contributed by atoms with E-state index in [1.165, 1.54) is 23.5 Å². The molecule has 0 bridgehead atoms. The maximum Gasteiger partial charge on any atom is 0.387 e. The van der Waals surface area contributed by atoms with Crippen LogP contribution in [0.1, 0.15) is 44.1 Å². The number of amides is 2. The molecule has 238 valence electrons. The van der Waals surface area contributed by atoms with E-state index >= 15 is 0 Å². The number of aliphatic carboxylic acids is 1. The standard InChI is InChI=1S/C34H32F2N4O5S/c35-33(36)45-25-12-13-26(22-9-14-29(37-19-22)39-15-5-4-8-30(39)41)27(18-25)28-20-46-34(38-28)40(24-10-11-24)32(44)23(17-31(42)43)16-21-6-2-1-3-7-21/h1-3,6-7,9,12-14,18-20,23-24,33H,4-5,8,10-11,15-17H2,(H,42,43). The number of benzene rings is 2. The normalized spacial score (nSPS) is 15.5. The summed E-state index contributed by atoms with van der Waals surface area (Å²) in [4.78, 5) is 50.7. The molecule has 46 heavy (non-hydrogen) atoms. The fourth-order valence-corrected chi connectivity index (χ4v) is 6.63. The summed E-state index contributed by atoms with van der Waals surface area (Å²) in [5.41, 5.74) is 3.14. The quantitative estimate of drug-likeness (QED) is 0.180. The Bertz CT molecular complexity index is 1710. The van der Waals surface area contributed by atoms with Gasteiger partial charge in [-0.25, -0.2) is 9.97 Å². The number of halogens is 2. The van der Waals surface area contributed by atoms with Crippen LogP contribution in [0.2, 0.25) is 0 Å². The van der Waals surface area contributed by atoms with Crippen molar-refractivity contribution >= 4 is 40.1 Å². The molecule has 1 N–H and O–H groups in total. The average Bonchev–Trinajstić information content (AvgIpc) is 3.76. The number of piperidine rings is 1. The Morgan fingerprint density at radius 3 is 2.54 bits per heavy atom. The largest absolute Gasteiger partial charge is 0.481 e. The molecule has 1 saturated carbocycles. The van der Waals surface area contributed by atoms with Crippen LogP contribution in [0.4, 0.5) is 19.7 Å². The molecule has 2 aromatic carbocycles. The van der Waals surface area contributed by atoms with Gasteiger partial charge in [0, 0.05) is 41.7 Å². The van der Waals surface area contributed by atoms with Gasteiger partial charge in [-0.3, -0.25) is 24.2 Å². The second kappa shape index (κ2) is 13.7. The number of nitrogens with zero attached hydrogens (tertiary/aromatic N) is 4. The van der Waals surface area contributed by atoms with Crippen molar-refractivity contribution in [3.8, 4) is 28.1 Å². The van der Waals surface area contributed by atoms with Crippen LogP contribution < -0.4 is 14.5 Å². The number of hydrogen-bond acceptors (Lipinski definition) is 7. The van der Waals surface area contributed by atoms with E-state index in [-0.39, 0.29) is 36.4 Å². The third-order valence-electron chi connectivity index (χ3n) is 8.09. The van der Waals surface area contributed by atoms with Gasteiger partial charge in [0.15, 0.2) is 5.13 Å². The van der Waals surface area contributed by atoms with Gasteiger partial charge < -0.3 is 9.84 Å². The fraction of sp³-hybridized carbons (Fsp3) is 0.324. The van der Waals surface area contributed by atoms with Crippen LogP contribution >= 0.6 is 11.3 Å². The summed E-state index contributed by atoms with van der Waals surface area (Å²) >= 11 is 1.23. The number of hydrogen-bond donors (Lipinski definition) is 1. The van der Waals surface area contributed by atoms with E-state index in [0.29, 0.717) is 46.3 Å². The predicted octanol–water partition coefficient (Wildman–Crippen LogP) is 6.82. The van der Waals surface area contributed by atoms with Crippen molar-refractivity contribution in [2.75, 3.05) is 16.3 Å². The Morgan fingerprint density at radius 1 is 1.07 bits per heavy atom. The van der Waals surface area contributed by atoms with E-state index in [9.17, 15) is 28.3 Å². The first-order chi connectivity index (χ1) is 22.3. The highest BCUT2D eigenvalue weighted by molar-refractivity contribution is 7.14. The molecule has 1 unspecified atom stereocenters. The summed E-state index contributed by atoms with van der Waals surface area (Å²) in [7, 11) is 0. The average molecular weight is 647 g/mol. The Kier molecular flexibility index (Phi) is 9.34. The summed E-state index contributed by atoms with van der Waals surface area (Å²) in [6.07, 6.45) is 5.37. The van der Waals surface area contributed by atoms with E-state index in [2.05, 4.69) is 4.98 Å². The van der Waals surface area contributed by atoms with E-state index in [1.807, 2.05) is 36.4 Å². The van der Waals surface area contributed by atoms with E-state index in [0.717, 1.165) is 31.2 Å². The molecule has 3 heterocycles. The molecule has 6 rings (SSSR count). The first kappa shape index (κ1) is 31.3. The molecule has 1 aliphatic carbocycles. The summed E-state index contributed by atoms with van der Waals surface area (Å²) < 4.78 is 31.1. The summed E-state index contributed by atoms with van der Waals surface area (Å²) in [5, 5.41) is 11.8. The molecule has 2 amide bonds. The van der Waals surface area contributed by atoms with Crippen LogP contribution in [0.5, 0.6) is 5.75 Å². The molecule has 4 aromatic rings. The van der Waals surface area contributed by atoms with Crippen molar-refractivity contribution in [1.29, 1.82) is 0 Å². The second-order valence-electron chi connectivity index (χ2n) is 11.4. The number of anilines is 2. The first-order valence-corrected chi connectivity index (χ1v) is 16.0. The molecular formula is C34H32F2N4O5S. The third kappa shape index (κ3) is 7.23. The number of aromatic nitrogens is 2. The van der Waals surface area contributed by atoms with Gasteiger partial charge in [-0.15, -0.1) is 11.3 Å². The van der Waals surface area contributed by atoms with Crippen molar-refractivity contribution in [3.63, 3.8) is 0 Å². The topological polar surface area (TPSA) is 113 Å². The maximum absolute atomic E-state index is 13.9. The van der Waals surface area contributed by atoms with Gasteiger partial charge in [-0.1, -0.05) is 30.3 Å². The number of carbonyl (C=O) groups is 3. The molecule has 2 aromatic heterocycles. The lowest BCUT2D eigenvalue weighted by Crippen LogP contribution is -2.39. The van der Waals surface area contributed by atoms with Crippen molar-refractivity contribution < 1.29 is 33.0 Å². The van der Waals surface area contributed by atoms with Crippen molar-refractivity contribution in [3.05, 3.63) is 77.8 Å². The molecule has 0 radical (unpaired) electrons. The fourth-order valence-electron chi connectivity index (χ4n) is 5.73. The maximum atomic E-state index is 13.9. The highest BCUT2D eigenvalue weighted by atomic mass is 32.1. The smallest absolute Gasteiger partial charge is 0.387 e. The number of ether oxygens (including phenoxy) is 1. The molecule has 0 spiro atoms. The lowest BCUT2D eigenvalue weighted by Gasteiger charge is -2.25. The minimum Gasteiger partial charge on any atom is -0.481 e. The third-order valence-corrected chi connectivity index (χ3v) is 8.93. The van der Waals surface area contributed by atoms with Crippen molar-refractivity contribution in [1.82, 2.24) is 9.97 Å². The Balaban J connectivity index is 1.33. The number of pyridine rings is 1. The minimum absolute atomic E-state index is 0.0276. The van der Waals surface area contributed by atoms with Crippen LogP contribution in [0.3, 0.4) is 0 Å². The molecule has 1 atom stereocenters. The van der Waals surface area contributed by atoms with Crippen LogP contribution in [0.15, 0.2) is 72.2 Å². The van der Waals surface area contributed by atoms with Gasteiger partial charge >= 0.3 is 12.6 Å². The molecule has 2 fully saturated rings. The zero-order valence-corrected chi connectivity index (χ0v) is 25.7. The van der Waals surface area contributed by atoms with E-state index in [1.54, 1.807) is 33.5 Å².